The lowest BCUT2D eigenvalue weighted by Gasteiger charge is -2.38. The predicted octanol–water partition coefficient (Wildman–Crippen LogP) is 1.73. The first-order valence-electron chi connectivity index (χ1n) is 8.40. The molecular weight excluding hydrogens is 304 g/mol. The van der Waals surface area contributed by atoms with E-state index < -0.39 is 5.60 Å². The van der Waals surface area contributed by atoms with E-state index in [1.807, 2.05) is 43.1 Å². The number of carbonyl (C=O) groups is 1. The van der Waals surface area contributed by atoms with Crippen LogP contribution in [0.25, 0.3) is 0 Å². The van der Waals surface area contributed by atoms with Gasteiger partial charge >= 0.3 is 0 Å². The van der Waals surface area contributed by atoms with Crippen LogP contribution in [0.4, 0.5) is 0 Å². The molecule has 6 nitrogen and oxygen atoms in total. The maximum absolute atomic E-state index is 12.6. The largest absolute Gasteiger partial charge is 0.383 e. The number of piperidine rings is 1. The number of rotatable bonds is 4. The Bertz CT molecular complexity index is 674. The Morgan fingerprint density at radius 3 is 2.71 bits per heavy atom. The summed E-state index contributed by atoms with van der Waals surface area (Å²) >= 11 is 0. The van der Waals surface area contributed by atoms with Crippen molar-refractivity contribution in [3.05, 3.63) is 48.0 Å². The molecule has 6 heteroatoms. The van der Waals surface area contributed by atoms with Crippen molar-refractivity contribution in [1.82, 2.24) is 19.7 Å². The van der Waals surface area contributed by atoms with Crippen LogP contribution in [0.15, 0.2) is 36.8 Å². The highest BCUT2D eigenvalue weighted by atomic mass is 16.3. The molecule has 2 aromatic heterocycles. The Kier molecular flexibility index (Phi) is 4.66. The standard InChI is InChI=1S/C18H24N4O2/c1-14-4-5-16(19-12-14)18(24)6-10-21(11-7-18)17(23)15(2)13-22-9-3-8-20-22/h3-5,8-9,12,15,24H,6-7,10-11,13H2,1-2H3/t15-/m0/s1. The molecule has 24 heavy (non-hydrogen) atoms. The fourth-order valence-electron chi connectivity index (χ4n) is 3.18. The van der Waals surface area contributed by atoms with E-state index in [9.17, 15) is 9.90 Å². The van der Waals surface area contributed by atoms with Gasteiger partial charge in [-0.15, -0.1) is 0 Å². The number of carbonyl (C=O) groups excluding carboxylic acids is 1. The summed E-state index contributed by atoms with van der Waals surface area (Å²) in [6, 6.07) is 5.70. The summed E-state index contributed by atoms with van der Waals surface area (Å²) in [5, 5.41) is 15.0. The maximum Gasteiger partial charge on any atom is 0.227 e. The number of aryl methyl sites for hydroxylation is 1. The minimum absolute atomic E-state index is 0.115. The number of likely N-dealkylation sites (tertiary alicyclic amines) is 1. The smallest absolute Gasteiger partial charge is 0.227 e. The third kappa shape index (κ3) is 3.48. The summed E-state index contributed by atoms with van der Waals surface area (Å²) < 4.78 is 1.78. The minimum Gasteiger partial charge on any atom is -0.383 e. The van der Waals surface area contributed by atoms with E-state index in [0.717, 1.165) is 5.56 Å². The van der Waals surface area contributed by atoms with Gasteiger partial charge in [-0.05, 0) is 37.5 Å². The molecule has 1 saturated heterocycles. The van der Waals surface area contributed by atoms with Crippen molar-refractivity contribution in [2.24, 2.45) is 5.92 Å². The summed E-state index contributed by atoms with van der Waals surface area (Å²) in [4.78, 5) is 18.8. The van der Waals surface area contributed by atoms with Gasteiger partial charge in [0.1, 0.15) is 5.60 Å². The first-order valence-corrected chi connectivity index (χ1v) is 8.40. The van der Waals surface area contributed by atoms with E-state index in [4.69, 9.17) is 0 Å². The van der Waals surface area contributed by atoms with E-state index in [2.05, 4.69) is 10.1 Å². The normalized spacial score (nSPS) is 18.4. The van der Waals surface area contributed by atoms with E-state index in [1.54, 1.807) is 17.1 Å². The van der Waals surface area contributed by atoms with Gasteiger partial charge in [-0.3, -0.25) is 14.5 Å². The quantitative estimate of drug-likeness (QED) is 0.928. The molecule has 1 atom stereocenters. The Morgan fingerprint density at radius 2 is 2.12 bits per heavy atom. The summed E-state index contributed by atoms with van der Waals surface area (Å²) in [7, 11) is 0. The monoisotopic (exact) mass is 328 g/mol. The van der Waals surface area contributed by atoms with Gasteiger partial charge in [0, 0.05) is 31.7 Å². The number of hydrogen-bond donors (Lipinski definition) is 1. The lowest BCUT2D eigenvalue weighted by Crippen LogP contribution is -2.47. The van der Waals surface area contributed by atoms with E-state index in [-0.39, 0.29) is 11.8 Å². The van der Waals surface area contributed by atoms with Crippen LogP contribution in [0.1, 0.15) is 31.0 Å². The van der Waals surface area contributed by atoms with Crippen LogP contribution in [0.2, 0.25) is 0 Å². The van der Waals surface area contributed by atoms with Crippen molar-refractivity contribution in [3.63, 3.8) is 0 Å². The van der Waals surface area contributed by atoms with Gasteiger partial charge in [0.25, 0.3) is 0 Å². The Labute approximate surface area is 142 Å². The Balaban J connectivity index is 1.59. The van der Waals surface area contributed by atoms with Crippen molar-refractivity contribution in [2.45, 2.75) is 38.8 Å². The second kappa shape index (κ2) is 6.73. The first kappa shape index (κ1) is 16.6. The van der Waals surface area contributed by atoms with Gasteiger partial charge in [0.2, 0.25) is 5.91 Å². The number of aliphatic hydroxyl groups is 1. The van der Waals surface area contributed by atoms with Gasteiger partial charge in [0.15, 0.2) is 0 Å². The molecule has 0 aliphatic carbocycles. The van der Waals surface area contributed by atoms with Crippen molar-refractivity contribution in [1.29, 1.82) is 0 Å². The molecule has 0 spiro atoms. The molecule has 128 valence electrons. The lowest BCUT2D eigenvalue weighted by molar-refractivity contribution is -0.140. The zero-order valence-electron chi connectivity index (χ0n) is 14.2. The summed E-state index contributed by atoms with van der Waals surface area (Å²) in [6.45, 7) is 5.57. The summed E-state index contributed by atoms with van der Waals surface area (Å²) in [5.41, 5.74) is 0.836. The Hall–Kier alpha value is -2.21. The maximum atomic E-state index is 12.6. The molecule has 1 N–H and O–H groups in total. The Morgan fingerprint density at radius 1 is 1.38 bits per heavy atom. The molecule has 0 radical (unpaired) electrons. The van der Waals surface area contributed by atoms with Crippen LogP contribution in [0.5, 0.6) is 0 Å². The summed E-state index contributed by atoms with van der Waals surface area (Å²) in [5.74, 6) is -0.0157. The molecule has 0 unspecified atom stereocenters. The van der Waals surface area contributed by atoms with E-state index in [1.165, 1.54) is 0 Å². The van der Waals surface area contributed by atoms with Crippen LogP contribution >= 0.6 is 0 Å². The van der Waals surface area contributed by atoms with Crippen LogP contribution in [-0.2, 0) is 16.9 Å². The van der Waals surface area contributed by atoms with Crippen molar-refractivity contribution in [3.8, 4) is 0 Å². The van der Waals surface area contributed by atoms with Gasteiger partial charge in [-0.2, -0.15) is 5.10 Å². The molecule has 2 aromatic rings. The highest BCUT2D eigenvalue weighted by molar-refractivity contribution is 5.78. The lowest BCUT2D eigenvalue weighted by atomic mass is 9.87. The third-order valence-corrected chi connectivity index (χ3v) is 4.73. The molecule has 3 heterocycles. The molecule has 1 amide bonds. The van der Waals surface area contributed by atoms with Gasteiger partial charge in [0.05, 0.1) is 18.2 Å². The predicted molar refractivity (Wildman–Crippen MR) is 90.1 cm³/mol. The average Bonchev–Trinajstić information content (AvgIpc) is 3.08. The molecular formula is C18H24N4O2. The number of nitrogens with zero attached hydrogens (tertiary/aromatic N) is 4. The van der Waals surface area contributed by atoms with Crippen molar-refractivity contribution in [2.75, 3.05) is 13.1 Å². The van der Waals surface area contributed by atoms with Gasteiger partial charge < -0.3 is 10.0 Å². The molecule has 0 aromatic carbocycles. The average molecular weight is 328 g/mol. The number of amides is 1. The second-order valence-electron chi connectivity index (χ2n) is 6.71. The highest BCUT2D eigenvalue weighted by Crippen LogP contribution is 2.32. The van der Waals surface area contributed by atoms with Crippen molar-refractivity contribution < 1.29 is 9.90 Å². The number of hydrogen-bond acceptors (Lipinski definition) is 4. The number of aromatic nitrogens is 3. The van der Waals surface area contributed by atoms with Crippen LogP contribution in [-0.4, -0.2) is 43.8 Å². The van der Waals surface area contributed by atoms with Gasteiger partial charge in [-0.1, -0.05) is 13.0 Å². The van der Waals surface area contributed by atoms with Crippen molar-refractivity contribution >= 4 is 5.91 Å². The SMILES string of the molecule is Cc1ccc(C2(O)CCN(C(=O)[C@@H](C)Cn3cccn3)CC2)nc1. The molecule has 0 bridgehead atoms. The molecule has 1 fully saturated rings. The zero-order valence-corrected chi connectivity index (χ0v) is 14.2. The molecule has 1 aliphatic rings. The van der Waals surface area contributed by atoms with Crippen LogP contribution in [0, 0.1) is 12.8 Å². The van der Waals surface area contributed by atoms with E-state index in [0.29, 0.717) is 38.2 Å². The van der Waals surface area contributed by atoms with Gasteiger partial charge in [-0.25, -0.2) is 0 Å². The fourth-order valence-corrected chi connectivity index (χ4v) is 3.18. The van der Waals surface area contributed by atoms with Crippen LogP contribution < -0.4 is 0 Å². The summed E-state index contributed by atoms with van der Waals surface area (Å²) in [6.07, 6.45) is 6.39. The molecule has 3 rings (SSSR count). The topological polar surface area (TPSA) is 71.2 Å². The van der Waals surface area contributed by atoms with E-state index >= 15 is 0 Å². The van der Waals surface area contributed by atoms with Crippen LogP contribution in [0.3, 0.4) is 0 Å². The fraction of sp³-hybridized carbons (Fsp3) is 0.500. The minimum atomic E-state index is -0.935. The third-order valence-electron chi connectivity index (χ3n) is 4.73. The zero-order chi connectivity index (χ0) is 17.2. The molecule has 1 aliphatic heterocycles. The highest BCUT2D eigenvalue weighted by Gasteiger charge is 2.37. The molecule has 0 saturated carbocycles. The second-order valence-corrected chi connectivity index (χ2v) is 6.71. The first-order chi connectivity index (χ1) is 11.5. The number of pyridine rings is 1.